The van der Waals surface area contributed by atoms with Gasteiger partial charge in [-0.2, -0.15) is 0 Å². The van der Waals surface area contributed by atoms with Crippen molar-refractivity contribution in [2.75, 3.05) is 6.54 Å². The zero-order valence-corrected chi connectivity index (χ0v) is 14.2. The van der Waals surface area contributed by atoms with Crippen LogP contribution < -0.4 is 5.73 Å². The van der Waals surface area contributed by atoms with E-state index < -0.39 is 6.10 Å². The van der Waals surface area contributed by atoms with Crippen LogP contribution >= 0.6 is 0 Å². The SMILES string of the molecule is C=C1CCC2[C@@H](CN)C([C@@]3(C)CC[C@H](O)C[C@@H]3O)CC[C@@]12C. The minimum absolute atomic E-state index is 0.0888. The van der Waals surface area contributed by atoms with E-state index in [1.807, 2.05) is 0 Å². The zero-order valence-electron chi connectivity index (χ0n) is 14.2. The number of hydrogen-bond donors (Lipinski definition) is 3. The van der Waals surface area contributed by atoms with E-state index in [-0.39, 0.29) is 16.9 Å². The second-order valence-corrected chi connectivity index (χ2v) is 8.66. The quantitative estimate of drug-likeness (QED) is 0.687. The van der Waals surface area contributed by atoms with E-state index in [1.165, 1.54) is 18.4 Å². The van der Waals surface area contributed by atoms with Crippen LogP contribution in [0.2, 0.25) is 0 Å². The first kappa shape index (κ1) is 16.5. The third-order valence-corrected chi connectivity index (χ3v) is 7.78. The summed E-state index contributed by atoms with van der Waals surface area (Å²) in [5.74, 6) is 1.58. The molecule has 7 atom stereocenters. The predicted molar refractivity (Wildman–Crippen MR) is 89.2 cm³/mol. The van der Waals surface area contributed by atoms with Crippen molar-refractivity contribution in [2.45, 2.75) is 71.0 Å². The molecule has 4 N–H and O–H groups in total. The highest BCUT2D eigenvalue weighted by Gasteiger charge is 2.56. The first-order chi connectivity index (χ1) is 10.3. The molecule has 0 radical (unpaired) electrons. The van der Waals surface area contributed by atoms with Crippen LogP contribution in [0.25, 0.3) is 0 Å². The minimum Gasteiger partial charge on any atom is -0.393 e. The monoisotopic (exact) mass is 307 g/mol. The molecule has 0 aromatic heterocycles. The lowest BCUT2D eigenvalue weighted by atomic mass is 9.51. The van der Waals surface area contributed by atoms with Gasteiger partial charge in [-0.15, -0.1) is 0 Å². The average Bonchev–Trinajstić information content (AvgIpc) is 2.78. The van der Waals surface area contributed by atoms with Crippen molar-refractivity contribution >= 4 is 0 Å². The Labute approximate surface area is 135 Å². The third-order valence-electron chi connectivity index (χ3n) is 7.78. The van der Waals surface area contributed by atoms with Crippen LogP contribution in [0.15, 0.2) is 12.2 Å². The van der Waals surface area contributed by atoms with Gasteiger partial charge in [0.15, 0.2) is 0 Å². The summed E-state index contributed by atoms with van der Waals surface area (Å²) in [4.78, 5) is 0. The minimum atomic E-state index is -0.399. The smallest absolute Gasteiger partial charge is 0.0621 e. The molecule has 0 spiro atoms. The van der Waals surface area contributed by atoms with Crippen LogP contribution in [0.4, 0.5) is 0 Å². The van der Waals surface area contributed by atoms with E-state index in [4.69, 9.17) is 5.73 Å². The largest absolute Gasteiger partial charge is 0.393 e. The van der Waals surface area contributed by atoms with Crippen LogP contribution in [0.5, 0.6) is 0 Å². The van der Waals surface area contributed by atoms with Crippen LogP contribution in [-0.4, -0.2) is 29.0 Å². The molecule has 0 heterocycles. The van der Waals surface area contributed by atoms with Crippen molar-refractivity contribution in [2.24, 2.45) is 34.3 Å². The molecule has 0 aliphatic heterocycles. The Morgan fingerprint density at radius 1 is 1.14 bits per heavy atom. The molecule has 3 aliphatic rings. The molecule has 22 heavy (non-hydrogen) atoms. The van der Waals surface area contributed by atoms with E-state index >= 15 is 0 Å². The summed E-state index contributed by atoms with van der Waals surface area (Å²) in [5.41, 5.74) is 7.82. The maximum Gasteiger partial charge on any atom is 0.0621 e. The standard InChI is InChI=1S/C19H33NO2/c1-12-4-5-15-14(11-20)16(7-9-18(12,15)2)19(3)8-6-13(21)10-17(19)22/h13-17,21-22H,1,4-11,20H2,2-3H3/t13-,14+,15?,16?,17-,18-,19+/m0/s1. The number of allylic oxidation sites excluding steroid dienone is 1. The average molecular weight is 307 g/mol. The zero-order chi connectivity index (χ0) is 16.1. The summed E-state index contributed by atoms with van der Waals surface area (Å²) in [5, 5.41) is 20.6. The Morgan fingerprint density at radius 3 is 2.50 bits per heavy atom. The Morgan fingerprint density at radius 2 is 1.86 bits per heavy atom. The number of rotatable bonds is 2. The van der Waals surface area contributed by atoms with Gasteiger partial charge in [0, 0.05) is 0 Å². The van der Waals surface area contributed by atoms with Crippen molar-refractivity contribution in [3.63, 3.8) is 0 Å². The van der Waals surface area contributed by atoms with Crippen LogP contribution in [0.1, 0.15) is 58.8 Å². The molecule has 0 aromatic rings. The van der Waals surface area contributed by atoms with Gasteiger partial charge in [-0.05, 0) is 80.1 Å². The van der Waals surface area contributed by atoms with Crippen molar-refractivity contribution < 1.29 is 10.2 Å². The highest BCUT2D eigenvalue weighted by molar-refractivity contribution is 5.20. The van der Waals surface area contributed by atoms with Gasteiger partial charge < -0.3 is 15.9 Å². The molecule has 3 aliphatic carbocycles. The lowest BCUT2D eigenvalue weighted by Gasteiger charge is -2.55. The van der Waals surface area contributed by atoms with Gasteiger partial charge in [-0.25, -0.2) is 0 Å². The Kier molecular flexibility index (Phi) is 4.20. The van der Waals surface area contributed by atoms with E-state index in [1.54, 1.807) is 0 Å². The fourth-order valence-corrected chi connectivity index (χ4v) is 6.06. The summed E-state index contributed by atoms with van der Waals surface area (Å²) < 4.78 is 0. The lowest BCUT2D eigenvalue weighted by Crippen LogP contribution is -2.53. The van der Waals surface area contributed by atoms with Gasteiger partial charge in [-0.1, -0.05) is 26.0 Å². The Balaban J connectivity index is 1.87. The first-order valence-electron chi connectivity index (χ1n) is 9.07. The number of aliphatic hydroxyl groups is 2. The fourth-order valence-electron chi connectivity index (χ4n) is 6.06. The molecule has 126 valence electrons. The summed E-state index contributed by atoms with van der Waals surface area (Å²) in [6, 6.07) is 0. The van der Waals surface area contributed by atoms with E-state index in [9.17, 15) is 10.2 Å². The Hall–Kier alpha value is -0.380. The fraction of sp³-hybridized carbons (Fsp3) is 0.895. The van der Waals surface area contributed by atoms with Gasteiger partial charge in [0.05, 0.1) is 12.2 Å². The first-order valence-corrected chi connectivity index (χ1v) is 9.07. The molecular formula is C19H33NO2. The molecule has 3 heteroatoms. The number of aliphatic hydroxyl groups excluding tert-OH is 2. The summed E-state index contributed by atoms with van der Waals surface area (Å²) in [6.45, 7) is 9.67. The van der Waals surface area contributed by atoms with Crippen molar-refractivity contribution in [1.29, 1.82) is 0 Å². The van der Waals surface area contributed by atoms with Gasteiger partial charge >= 0.3 is 0 Å². The molecule has 3 saturated carbocycles. The Bertz CT molecular complexity index is 451. The molecule has 0 bridgehead atoms. The molecule has 2 unspecified atom stereocenters. The molecule has 3 nitrogen and oxygen atoms in total. The summed E-state index contributed by atoms with van der Waals surface area (Å²) >= 11 is 0. The number of nitrogens with two attached hydrogens (primary N) is 1. The number of hydrogen-bond acceptors (Lipinski definition) is 3. The second-order valence-electron chi connectivity index (χ2n) is 8.66. The normalized spacial score (nSPS) is 52.6. The van der Waals surface area contributed by atoms with Gasteiger partial charge in [0.1, 0.15) is 0 Å². The summed E-state index contributed by atoms with van der Waals surface area (Å²) in [7, 11) is 0. The summed E-state index contributed by atoms with van der Waals surface area (Å²) in [6.07, 6.45) is 6.20. The van der Waals surface area contributed by atoms with Crippen molar-refractivity contribution in [3.8, 4) is 0 Å². The van der Waals surface area contributed by atoms with Crippen LogP contribution in [-0.2, 0) is 0 Å². The molecule has 0 aromatic carbocycles. The second kappa shape index (κ2) is 5.61. The lowest BCUT2D eigenvalue weighted by molar-refractivity contribution is -0.117. The molecule has 0 saturated heterocycles. The van der Waals surface area contributed by atoms with E-state index in [2.05, 4.69) is 20.4 Å². The molecular weight excluding hydrogens is 274 g/mol. The molecule has 3 fully saturated rings. The van der Waals surface area contributed by atoms with Crippen LogP contribution in [0, 0.1) is 28.6 Å². The predicted octanol–water partition coefficient (Wildman–Crippen LogP) is 2.86. The molecule has 0 amide bonds. The van der Waals surface area contributed by atoms with Crippen molar-refractivity contribution in [3.05, 3.63) is 12.2 Å². The topological polar surface area (TPSA) is 66.5 Å². The highest BCUT2D eigenvalue weighted by atomic mass is 16.3. The maximum atomic E-state index is 10.7. The third kappa shape index (κ3) is 2.28. The maximum absolute atomic E-state index is 10.7. The van der Waals surface area contributed by atoms with Crippen molar-refractivity contribution in [1.82, 2.24) is 0 Å². The number of fused-ring (bicyclic) bond motifs is 1. The van der Waals surface area contributed by atoms with E-state index in [0.29, 0.717) is 30.7 Å². The van der Waals surface area contributed by atoms with E-state index in [0.717, 1.165) is 25.7 Å². The van der Waals surface area contributed by atoms with Crippen LogP contribution in [0.3, 0.4) is 0 Å². The highest BCUT2D eigenvalue weighted by Crippen LogP contribution is 2.62. The van der Waals surface area contributed by atoms with Gasteiger partial charge in [0.25, 0.3) is 0 Å². The van der Waals surface area contributed by atoms with Gasteiger partial charge in [-0.3, -0.25) is 0 Å². The van der Waals surface area contributed by atoms with Gasteiger partial charge in [0.2, 0.25) is 0 Å². The molecule has 3 rings (SSSR count).